The van der Waals surface area contributed by atoms with Crippen LogP contribution in [0.3, 0.4) is 0 Å². The first kappa shape index (κ1) is 14.4. The highest BCUT2D eigenvalue weighted by Crippen LogP contribution is 2.40. The molecular formula is C12H16N2O7. The number of ether oxygens (including phenoxy) is 3. The molecule has 9 nitrogen and oxygen atoms in total. The number of aliphatic hydroxyl groups is 2. The number of aromatic nitrogens is 2. The lowest BCUT2D eigenvalue weighted by molar-refractivity contribution is -0.284. The summed E-state index contributed by atoms with van der Waals surface area (Å²) in [6, 6.07) is 0. The molecule has 0 amide bonds. The van der Waals surface area contributed by atoms with Crippen LogP contribution in [0, 0.1) is 6.92 Å². The maximum absolute atomic E-state index is 11.9. The second kappa shape index (κ2) is 5.04. The molecule has 2 fully saturated rings. The Kier molecular flexibility index (Phi) is 3.46. The van der Waals surface area contributed by atoms with Crippen LogP contribution in [0.2, 0.25) is 0 Å². The van der Waals surface area contributed by atoms with Crippen molar-refractivity contribution in [3.05, 3.63) is 32.6 Å². The van der Waals surface area contributed by atoms with Crippen LogP contribution >= 0.6 is 0 Å². The number of hydrogen-bond acceptors (Lipinski definition) is 7. The van der Waals surface area contributed by atoms with Gasteiger partial charge >= 0.3 is 5.69 Å². The maximum atomic E-state index is 11.9. The van der Waals surface area contributed by atoms with Gasteiger partial charge in [0.2, 0.25) is 5.79 Å². The summed E-state index contributed by atoms with van der Waals surface area (Å²) in [4.78, 5) is 25.5. The van der Waals surface area contributed by atoms with Crippen LogP contribution in [-0.2, 0) is 14.2 Å². The lowest BCUT2D eigenvalue weighted by Crippen LogP contribution is -2.47. The molecule has 0 aliphatic carbocycles. The molecule has 0 radical (unpaired) electrons. The number of aromatic amines is 1. The SMILES string of the molecule is Cc1cn([C@@H]2O[C@@]3(CO)OCCOC2C3O)c(=O)[nH]c1=O. The normalized spacial score (nSPS) is 35.7. The van der Waals surface area contributed by atoms with Crippen molar-refractivity contribution in [3.8, 4) is 0 Å². The largest absolute Gasteiger partial charge is 0.391 e. The second-order valence-corrected chi connectivity index (χ2v) is 5.09. The molecule has 0 aromatic carbocycles. The molecular weight excluding hydrogens is 284 g/mol. The molecule has 2 aliphatic rings. The Hall–Kier alpha value is -1.52. The summed E-state index contributed by atoms with van der Waals surface area (Å²) in [5, 5.41) is 19.7. The Morgan fingerprint density at radius 1 is 1.48 bits per heavy atom. The third-order valence-electron chi connectivity index (χ3n) is 3.74. The van der Waals surface area contributed by atoms with Crippen molar-refractivity contribution in [2.45, 2.75) is 31.1 Å². The van der Waals surface area contributed by atoms with E-state index in [4.69, 9.17) is 14.2 Å². The van der Waals surface area contributed by atoms with E-state index in [1.807, 2.05) is 0 Å². The summed E-state index contributed by atoms with van der Waals surface area (Å²) in [7, 11) is 0. The minimum atomic E-state index is -1.63. The van der Waals surface area contributed by atoms with Gasteiger partial charge in [0.05, 0.1) is 13.2 Å². The third-order valence-corrected chi connectivity index (χ3v) is 3.74. The summed E-state index contributed by atoms with van der Waals surface area (Å²) < 4.78 is 17.5. The number of nitrogens with one attached hydrogen (secondary N) is 1. The van der Waals surface area contributed by atoms with E-state index in [0.717, 1.165) is 4.57 Å². The van der Waals surface area contributed by atoms with E-state index in [1.54, 1.807) is 0 Å². The van der Waals surface area contributed by atoms with Gasteiger partial charge in [-0.3, -0.25) is 14.3 Å². The van der Waals surface area contributed by atoms with Crippen LogP contribution in [0.5, 0.6) is 0 Å². The van der Waals surface area contributed by atoms with Gasteiger partial charge in [0, 0.05) is 11.8 Å². The van der Waals surface area contributed by atoms with E-state index in [-0.39, 0.29) is 13.2 Å². The second-order valence-electron chi connectivity index (χ2n) is 5.09. The number of aryl methyl sites for hydroxylation is 1. The Morgan fingerprint density at radius 2 is 2.24 bits per heavy atom. The van der Waals surface area contributed by atoms with Crippen molar-refractivity contribution >= 4 is 0 Å². The molecule has 21 heavy (non-hydrogen) atoms. The summed E-state index contributed by atoms with van der Waals surface area (Å²) in [5.74, 6) is -1.63. The summed E-state index contributed by atoms with van der Waals surface area (Å²) >= 11 is 0. The highest BCUT2D eigenvalue weighted by molar-refractivity contribution is 5.04. The van der Waals surface area contributed by atoms with E-state index >= 15 is 0 Å². The average Bonchev–Trinajstić information content (AvgIpc) is 2.59. The molecule has 0 spiro atoms. The molecule has 3 N–H and O–H groups in total. The van der Waals surface area contributed by atoms with E-state index < -0.39 is 42.1 Å². The van der Waals surface area contributed by atoms with Gasteiger partial charge in [0.15, 0.2) is 6.23 Å². The molecule has 2 aliphatic heterocycles. The van der Waals surface area contributed by atoms with Crippen LogP contribution in [0.4, 0.5) is 0 Å². The average molecular weight is 300 g/mol. The van der Waals surface area contributed by atoms with Gasteiger partial charge in [0.25, 0.3) is 5.56 Å². The molecule has 2 bridgehead atoms. The molecule has 4 atom stereocenters. The minimum absolute atomic E-state index is 0.153. The highest BCUT2D eigenvalue weighted by Gasteiger charge is 2.58. The van der Waals surface area contributed by atoms with Crippen molar-refractivity contribution < 1.29 is 24.4 Å². The fraction of sp³-hybridized carbons (Fsp3) is 0.667. The lowest BCUT2D eigenvalue weighted by atomic mass is 10.1. The monoisotopic (exact) mass is 300 g/mol. The van der Waals surface area contributed by atoms with Gasteiger partial charge in [0.1, 0.15) is 18.8 Å². The minimum Gasteiger partial charge on any atom is -0.391 e. The number of H-pyrrole nitrogens is 1. The van der Waals surface area contributed by atoms with Gasteiger partial charge < -0.3 is 24.4 Å². The first-order valence-corrected chi connectivity index (χ1v) is 6.53. The van der Waals surface area contributed by atoms with E-state index in [0.29, 0.717) is 5.56 Å². The zero-order valence-corrected chi connectivity index (χ0v) is 11.3. The molecule has 1 aromatic rings. The van der Waals surface area contributed by atoms with Crippen LogP contribution < -0.4 is 11.2 Å². The van der Waals surface area contributed by atoms with Crippen molar-refractivity contribution in [2.24, 2.45) is 0 Å². The van der Waals surface area contributed by atoms with Crippen molar-refractivity contribution in [2.75, 3.05) is 19.8 Å². The highest BCUT2D eigenvalue weighted by atomic mass is 16.8. The van der Waals surface area contributed by atoms with Gasteiger partial charge in [-0.2, -0.15) is 0 Å². The Balaban J connectivity index is 2.06. The van der Waals surface area contributed by atoms with E-state index in [9.17, 15) is 19.8 Å². The van der Waals surface area contributed by atoms with Crippen molar-refractivity contribution in [1.82, 2.24) is 9.55 Å². The number of aliphatic hydroxyl groups excluding tert-OH is 2. The quantitative estimate of drug-likeness (QED) is 0.568. The number of hydrogen-bond donors (Lipinski definition) is 3. The van der Waals surface area contributed by atoms with Crippen LogP contribution in [0.25, 0.3) is 0 Å². The topological polar surface area (TPSA) is 123 Å². The smallest absolute Gasteiger partial charge is 0.330 e. The van der Waals surface area contributed by atoms with Crippen molar-refractivity contribution in [3.63, 3.8) is 0 Å². The van der Waals surface area contributed by atoms with Crippen LogP contribution in [-0.4, -0.2) is 57.6 Å². The fourth-order valence-corrected chi connectivity index (χ4v) is 2.61. The predicted molar refractivity (Wildman–Crippen MR) is 67.7 cm³/mol. The Labute approximate surface area is 118 Å². The molecule has 2 unspecified atom stereocenters. The van der Waals surface area contributed by atoms with Gasteiger partial charge in [-0.05, 0) is 6.92 Å². The molecule has 116 valence electrons. The molecule has 9 heteroatoms. The first-order valence-electron chi connectivity index (χ1n) is 6.53. The van der Waals surface area contributed by atoms with E-state index in [1.165, 1.54) is 13.1 Å². The van der Waals surface area contributed by atoms with Gasteiger partial charge in [-0.15, -0.1) is 0 Å². The van der Waals surface area contributed by atoms with E-state index in [2.05, 4.69) is 4.98 Å². The first-order chi connectivity index (χ1) is 9.98. The molecule has 2 saturated heterocycles. The summed E-state index contributed by atoms with van der Waals surface area (Å²) in [6.07, 6.45) is -1.82. The zero-order chi connectivity index (χ0) is 15.2. The molecule has 3 heterocycles. The van der Waals surface area contributed by atoms with Crippen molar-refractivity contribution in [1.29, 1.82) is 0 Å². The Bertz CT molecular complexity index is 654. The third kappa shape index (κ3) is 2.14. The fourth-order valence-electron chi connectivity index (χ4n) is 2.61. The standard InChI is InChI=1S/C12H16N2O7/c1-6-4-14(11(18)13-9(6)17)10-7-8(16)12(5-15,21-10)20-3-2-19-7/h4,7-8,10,15-16H,2-3,5H2,1H3,(H,13,17,18)/t7?,8?,10-,12-/m1/s1. The molecule has 0 saturated carbocycles. The van der Waals surface area contributed by atoms with Gasteiger partial charge in [-0.1, -0.05) is 0 Å². The summed E-state index contributed by atoms with van der Waals surface area (Å²) in [5.41, 5.74) is -0.874. The van der Waals surface area contributed by atoms with Crippen LogP contribution in [0.1, 0.15) is 11.8 Å². The van der Waals surface area contributed by atoms with Gasteiger partial charge in [-0.25, -0.2) is 4.79 Å². The predicted octanol–water partition coefficient (Wildman–Crippen LogP) is -2.16. The molecule has 3 rings (SSSR count). The summed E-state index contributed by atoms with van der Waals surface area (Å²) in [6.45, 7) is 1.31. The Morgan fingerprint density at radius 3 is 2.95 bits per heavy atom. The number of nitrogens with zero attached hydrogens (tertiary/aromatic N) is 1. The van der Waals surface area contributed by atoms with Crippen LogP contribution in [0.15, 0.2) is 15.8 Å². The maximum Gasteiger partial charge on any atom is 0.330 e. The zero-order valence-electron chi connectivity index (χ0n) is 11.3. The molecule has 1 aromatic heterocycles. The lowest BCUT2D eigenvalue weighted by Gasteiger charge is -2.29. The number of rotatable bonds is 2. The number of fused-ring (bicyclic) bond motifs is 2.